The van der Waals surface area contributed by atoms with Gasteiger partial charge in [0.1, 0.15) is 11.9 Å². The molecule has 0 unspecified atom stereocenters. The Kier molecular flexibility index (Phi) is 6.68. The van der Waals surface area contributed by atoms with Gasteiger partial charge in [-0.1, -0.05) is 17.3 Å². The molecule has 3 heterocycles. The lowest BCUT2D eigenvalue weighted by molar-refractivity contribution is -0.161. The summed E-state index contributed by atoms with van der Waals surface area (Å²) in [7, 11) is 0. The molecule has 2 saturated heterocycles. The molecule has 164 valence electrons. The minimum absolute atomic E-state index is 0.118. The van der Waals surface area contributed by atoms with Gasteiger partial charge in [-0.2, -0.15) is 0 Å². The van der Waals surface area contributed by atoms with Crippen LogP contribution in [0.5, 0.6) is 0 Å². The minimum atomic E-state index is -0.531. The van der Waals surface area contributed by atoms with Crippen LogP contribution in [0.25, 0.3) is 0 Å². The van der Waals surface area contributed by atoms with Crippen molar-refractivity contribution in [3.8, 4) is 0 Å². The van der Waals surface area contributed by atoms with Gasteiger partial charge in [-0.3, -0.25) is 4.79 Å². The molecule has 0 radical (unpaired) electrons. The number of halogens is 1. The van der Waals surface area contributed by atoms with E-state index in [4.69, 9.17) is 14.3 Å². The largest absolute Gasteiger partial charge is 0.466 e. The van der Waals surface area contributed by atoms with E-state index in [-0.39, 0.29) is 17.9 Å². The summed E-state index contributed by atoms with van der Waals surface area (Å²) in [6.45, 7) is 6.74. The molecule has 0 aliphatic carbocycles. The van der Waals surface area contributed by atoms with Crippen molar-refractivity contribution in [3.05, 3.63) is 35.6 Å². The van der Waals surface area contributed by atoms with Crippen molar-refractivity contribution in [2.24, 2.45) is 16.5 Å². The SMILES string of the molecule is CCOC(=O)C1(C[C@@H]2CC(c3ccc(F)cc3)=NO2)CCN(C[C@@H]2CCOC2)CC1. The standard InChI is InChI=1S/C23H31FN2O4/c1-2-29-22(27)23(8-10-26(11-9-23)15-17-7-12-28-16-17)14-20-13-21(25-30-20)18-3-5-19(24)6-4-18/h3-6,17,20H,2,7-16H2,1H3/t17-,20-/m0/s1. The first-order chi connectivity index (χ1) is 14.6. The van der Waals surface area contributed by atoms with Gasteiger partial charge in [0, 0.05) is 26.0 Å². The third-order valence-corrected chi connectivity index (χ3v) is 6.59. The Hall–Kier alpha value is -1.99. The zero-order valence-corrected chi connectivity index (χ0v) is 17.6. The molecule has 0 amide bonds. The molecular weight excluding hydrogens is 387 g/mol. The summed E-state index contributed by atoms with van der Waals surface area (Å²) in [5.41, 5.74) is 1.13. The Labute approximate surface area is 177 Å². The molecule has 3 aliphatic heterocycles. The number of carbonyl (C=O) groups excluding carboxylic acids is 1. The fraction of sp³-hybridized carbons (Fsp3) is 0.652. The second-order valence-electron chi connectivity index (χ2n) is 8.71. The normalized spacial score (nSPS) is 26.3. The average Bonchev–Trinajstić information content (AvgIpc) is 3.42. The number of oxime groups is 1. The van der Waals surface area contributed by atoms with Gasteiger partial charge in [0.15, 0.2) is 0 Å². The quantitative estimate of drug-likeness (QED) is 0.636. The van der Waals surface area contributed by atoms with Crippen LogP contribution in [0.1, 0.15) is 44.6 Å². The number of likely N-dealkylation sites (tertiary alicyclic amines) is 1. The van der Waals surface area contributed by atoms with Crippen molar-refractivity contribution >= 4 is 11.7 Å². The second-order valence-corrected chi connectivity index (χ2v) is 8.71. The molecule has 7 heteroatoms. The fourth-order valence-corrected chi connectivity index (χ4v) is 4.82. The number of hydrogen-bond donors (Lipinski definition) is 0. The van der Waals surface area contributed by atoms with Crippen LogP contribution < -0.4 is 0 Å². The lowest BCUT2D eigenvalue weighted by atomic mass is 9.73. The van der Waals surface area contributed by atoms with Gasteiger partial charge >= 0.3 is 5.97 Å². The maximum Gasteiger partial charge on any atom is 0.312 e. The Balaban J connectivity index is 1.37. The second kappa shape index (κ2) is 9.43. The summed E-state index contributed by atoms with van der Waals surface area (Å²) in [4.78, 5) is 21.1. The molecule has 0 bridgehead atoms. The lowest BCUT2D eigenvalue weighted by Crippen LogP contribution is -2.47. The predicted octanol–water partition coefficient (Wildman–Crippen LogP) is 3.39. The van der Waals surface area contributed by atoms with Gasteiger partial charge in [0.2, 0.25) is 0 Å². The van der Waals surface area contributed by atoms with Crippen LogP contribution >= 0.6 is 0 Å². The van der Waals surface area contributed by atoms with Gasteiger partial charge in [-0.05, 0) is 62.9 Å². The number of piperidine rings is 1. The van der Waals surface area contributed by atoms with E-state index in [0.717, 1.165) is 63.4 Å². The summed E-state index contributed by atoms with van der Waals surface area (Å²) >= 11 is 0. The monoisotopic (exact) mass is 418 g/mol. The van der Waals surface area contributed by atoms with Crippen LogP contribution in [0.3, 0.4) is 0 Å². The number of nitrogens with zero attached hydrogens (tertiary/aromatic N) is 2. The van der Waals surface area contributed by atoms with E-state index < -0.39 is 5.41 Å². The first-order valence-electron chi connectivity index (χ1n) is 11.0. The number of carbonyl (C=O) groups is 1. The number of ether oxygens (including phenoxy) is 2. The van der Waals surface area contributed by atoms with E-state index in [9.17, 15) is 9.18 Å². The molecule has 2 fully saturated rings. The highest BCUT2D eigenvalue weighted by atomic mass is 19.1. The molecule has 4 rings (SSSR count). The molecule has 3 aliphatic rings. The number of benzene rings is 1. The van der Waals surface area contributed by atoms with Crippen LogP contribution in [0.15, 0.2) is 29.4 Å². The molecule has 0 saturated carbocycles. The van der Waals surface area contributed by atoms with Gasteiger partial charge in [0.25, 0.3) is 0 Å². The molecule has 0 spiro atoms. The van der Waals surface area contributed by atoms with Gasteiger partial charge in [0.05, 0.1) is 24.3 Å². The van der Waals surface area contributed by atoms with E-state index in [1.807, 2.05) is 6.92 Å². The van der Waals surface area contributed by atoms with Crippen LogP contribution in [0.4, 0.5) is 4.39 Å². The highest BCUT2D eigenvalue weighted by Crippen LogP contribution is 2.40. The van der Waals surface area contributed by atoms with E-state index in [0.29, 0.717) is 25.4 Å². The molecule has 0 aromatic heterocycles. The van der Waals surface area contributed by atoms with E-state index in [1.165, 1.54) is 12.1 Å². The summed E-state index contributed by atoms with van der Waals surface area (Å²) < 4.78 is 24.2. The van der Waals surface area contributed by atoms with Crippen molar-refractivity contribution < 1.29 is 23.5 Å². The first-order valence-corrected chi connectivity index (χ1v) is 11.0. The Morgan fingerprint density at radius 2 is 2.07 bits per heavy atom. The number of esters is 1. The van der Waals surface area contributed by atoms with Crippen molar-refractivity contribution in [2.45, 2.75) is 45.1 Å². The maximum atomic E-state index is 13.2. The van der Waals surface area contributed by atoms with Crippen LogP contribution in [-0.4, -0.2) is 62.1 Å². The highest BCUT2D eigenvalue weighted by Gasteiger charge is 2.46. The average molecular weight is 419 g/mol. The van der Waals surface area contributed by atoms with E-state index >= 15 is 0 Å². The first kappa shape index (κ1) is 21.2. The molecule has 0 N–H and O–H groups in total. The Bertz CT molecular complexity index is 753. The van der Waals surface area contributed by atoms with Crippen LogP contribution in [0.2, 0.25) is 0 Å². The molecular formula is C23H31FN2O4. The summed E-state index contributed by atoms with van der Waals surface area (Å²) in [5, 5.41) is 4.22. The van der Waals surface area contributed by atoms with Crippen molar-refractivity contribution in [3.63, 3.8) is 0 Å². The Morgan fingerprint density at radius 3 is 2.73 bits per heavy atom. The molecule has 2 atom stereocenters. The summed E-state index contributed by atoms with van der Waals surface area (Å²) in [5.74, 6) is 0.213. The minimum Gasteiger partial charge on any atom is -0.466 e. The summed E-state index contributed by atoms with van der Waals surface area (Å²) in [6, 6.07) is 6.28. The summed E-state index contributed by atoms with van der Waals surface area (Å²) in [6.07, 6.45) is 3.72. The van der Waals surface area contributed by atoms with E-state index in [1.54, 1.807) is 12.1 Å². The zero-order valence-electron chi connectivity index (χ0n) is 17.6. The number of hydrogen-bond acceptors (Lipinski definition) is 6. The predicted molar refractivity (Wildman–Crippen MR) is 111 cm³/mol. The van der Waals surface area contributed by atoms with Crippen molar-refractivity contribution in [1.29, 1.82) is 0 Å². The molecule has 1 aromatic carbocycles. The third-order valence-electron chi connectivity index (χ3n) is 6.59. The maximum absolute atomic E-state index is 13.2. The Morgan fingerprint density at radius 1 is 1.30 bits per heavy atom. The number of rotatable bonds is 7. The van der Waals surface area contributed by atoms with Gasteiger partial charge < -0.3 is 19.2 Å². The van der Waals surface area contributed by atoms with Gasteiger partial charge in [-0.25, -0.2) is 4.39 Å². The smallest absolute Gasteiger partial charge is 0.312 e. The lowest BCUT2D eigenvalue weighted by Gasteiger charge is -2.41. The topological polar surface area (TPSA) is 60.4 Å². The third kappa shape index (κ3) is 4.83. The molecule has 6 nitrogen and oxygen atoms in total. The fourth-order valence-electron chi connectivity index (χ4n) is 4.82. The van der Waals surface area contributed by atoms with Crippen molar-refractivity contribution in [2.75, 3.05) is 39.5 Å². The van der Waals surface area contributed by atoms with E-state index in [2.05, 4.69) is 10.1 Å². The molecule has 1 aromatic rings. The van der Waals surface area contributed by atoms with Gasteiger partial charge in [-0.15, -0.1) is 0 Å². The van der Waals surface area contributed by atoms with Crippen LogP contribution in [0, 0.1) is 17.2 Å². The zero-order chi connectivity index (χ0) is 21.0. The van der Waals surface area contributed by atoms with Crippen molar-refractivity contribution in [1.82, 2.24) is 4.90 Å². The highest BCUT2D eigenvalue weighted by molar-refractivity contribution is 6.01. The van der Waals surface area contributed by atoms with Crippen LogP contribution in [-0.2, 0) is 19.1 Å². The molecule has 30 heavy (non-hydrogen) atoms.